The highest BCUT2D eigenvalue weighted by Gasteiger charge is 2.60. The van der Waals surface area contributed by atoms with Crippen molar-refractivity contribution < 1.29 is 19.1 Å². The van der Waals surface area contributed by atoms with Crippen molar-refractivity contribution >= 4 is 23.5 Å². The van der Waals surface area contributed by atoms with Crippen LogP contribution in [-0.2, 0) is 25.6 Å². The second-order valence-electron chi connectivity index (χ2n) is 7.07. The molecule has 2 aromatic carbocycles. The van der Waals surface area contributed by atoms with Crippen molar-refractivity contribution in [3.05, 3.63) is 70.7 Å². The Bertz CT molecular complexity index is 820. The van der Waals surface area contributed by atoms with E-state index >= 15 is 0 Å². The molecule has 0 saturated carbocycles. The molecule has 0 radical (unpaired) electrons. The summed E-state index contributed by atoms with van der Waals surface area (Å²) in [6.45, 7) is 5.06. The number of carbonyl (C=O) groups excluding carboxylic acids is 2. The summed E-state index contributed by atoms with van der Waals surface area (Å²) in [5, 5.41) is 0.597. The fourth-order valence-corrected chi connectivity index (χ4v) is 4.18. The van der Waals surface area contributed by atoms with Crippen molar-refractivity contribution in [1.29, 1.82) is 0 Å². The molecule has 1 aliphatic rings. The number of ether oxygens (including phenoxy) is 2. The maximum Gasteiger partial charge on any atom is 0.325 e. The number of carbonyl (C=O) groups is 2. The molecule has 0 aromatic heterocycles. The van der Waals surface area contributed by atoms with E-state index in [1.165, 1.54) is 0 Å². The van der Waals surface area contributed by atoms with Crippen LogP contribution in [0.3, 0.4) is 0 Å². The highest BCUT2D eigenvalue weighted by Crippen LogP contribution is 2.50. The number of hydrogen-bond acceptors (Lipinski definition) is 5. The second kappa shape index (κ2) is 9.42. The van der Waals surface area contributed by atoms with Crippen LogP contribution in [0.2, 0.25) is 5.02 Å². The summed E-state index contributed by atoms with van der Waals surface area (Å²) < 4.78 is 10.8. The van der Waals surface area contributed by atoms with Crippen LogP contribution in [0, 0.1) is 5.41 Å². The minimum atomic E-state index is -1.41. The molecule has 1 atom stereocenters. The zero-order valence-corrected chi connectivity index (χ0v) is 17.5. The summed E-state index contributed by atoms with van der Waals surface area (Å²) in [5.74, 6) is -1.07. The maximum atomic E-state index is 13.2. The Kier molecular flexibility index (Phi) is 6.93. The molecule has 1 saturated heterocycles. The number of benzene rings is 2. The molecule has 0 aliphatic carbocycles. The molecule has 0 N–H and O–H groups in total. The van der Waals surface area contributed by atoms with Crippen molar-refractivity contribution in [2.45, 2.75) is 32.9 Å². The third kappa shape index (κ3) is 4.31. The average Bonchev–Trinajstić information content (AvgIpc) is 3.10. The second-order valence-corrected chi connectivity index (χ2v) is 7.51. The largest absolute Gasteiger partial charge is 0.465 e. The number of likely N-dealkylation sites (tertiary alicyclic amines) is 1. The van der Waals surface area contributed by atoms with E-state index in [9.17, 15) is 9.59 Å². The maximum absolute atomic E-state index is 13.2. The Hall–Kier alpha value is -2.37. The first-order chi connectivity index (χ1) is 14.0. The Morgan fingerprint density at radius 1 is 1.00 bits per heavy atom. The zero-order valence-electron chi connectivity index (χ0n) is 16.8. The van der Waals surface area contributed by atoms with Gasteiger partial charge in [0.25, 0.3) is 0 Å². The standard InChI is InChI=1S/C23H26ClNO4/c1-3-28-21(26)23(22(27)29-4-2)14-15-25(16-17-8-6-5-7-9-17)20(23)18-10-12-19(24)13-11-18/h5-13,20H,3-4,14-16H2,1-2H3/t20-/m1/s1. The molecule has 1 fully saturated rings. The lowest BCUT2D eigenvalue weighted by atomic mass is 9.76. The first kappa shape index (κ1) is 21.3. The molecule has 5 nitrogen and oxygen atoms in total. The molecule has 29 heavy (non-hydrogen) atoms. The number of rotatable bonds is 7. The topological polar surface area (TPSA) is 55.8 Å². The molecule has 3 rings (SSSR count). The molecular weight excluding hydrogens is 390 g/mol. The van der Waals surface area contributed by atoms with E-state index < -0.39 is 23.4 Å². The Labute approximate surface area is 176 Å². The number of halogens is 1. The molecule has 0 bridgehead atoms. The number of hydrogen-bond donors (Lipinski definition) is 0. The molecule has 2 aromatic rings. The Morgan fingerprint density at radius 3 is 2.14 bits per heavy atom. The van der Waals surface area contributed by atoms with Gasteiger partial charge < -0.3 is 9.47 Å². The van der Waals surface area contributed by atoms with Gasteiger partial charge in [0.05, 0.1) is 19.3 Å². The molecular formula is C23H26ClNO4. The first-order valence-corrected chi connectivity index (χ1v) is 10.3. The monoisotopic (exact) mass is 415 g/mol. The van der Waals surface area contributed by atoms with Crippen LogP contribution in [0.25, 0.3) is 0 Å². The molecule has 0 spiro atoms. The van der Waals surface area contributed by atoms with Crippen LogP contribution < -0.4 is 0 Å². The van der Waals surface area contributed by atoms with Crippen molar-refractivity contribution in [2.75, 3.05) is 19.8 Å². The quantitative estimate of drug-likeness (QED) is 0.495. The lowest BCUT2D eigenvalue weighted by molar-refractivity contribution is -0.174. The summed E-state index contributed by atoms with van der Waals surface area (Å²) in [7, 11) is 0. The normalized spacial score (nSPS) is 18.4. The highest BCUT2D eigenvalue weighted by atomic mass is 35.5. The van der Waals surface area contributed by atoms with Crippen LogP contribution in [0.15, 0.2) is 54.6 Å². The van der Waals surface area contributed by atoms with Gasteiger partial charge in [0.1, 0.15) is 0 Å². The van der Waals surface area contributed by atoms with Crippen molar-refractivity contribution in [3.8, 4) is 0 Å². The van der Waals surface area contributed by atoms with E-state index in [0.29, 0.717) is 24.5 Å². The Morgan fingerprint density at radius 2 is 1.59 bits per heavy atom. The summed E-state index contributed by atoms with van der Waals surface area (Å²) in [4.78, 5) is 28.5. The average molecular weight is 416 g/mol. The lowest BCUT2D eigenvalue weighted by Gasteiger charge is -2.35. The van der Waals surface area contributed by atoms with Crippen LogP contribution in [0.5, 0.6) is 0 Å². The van der Waals surface area contributed by atoms with Gasteiger partial charge in [-0.2, -0.15) is 0 Å². The smallest absolute Gasteiger partial charge is 0.325 e. The van der Waals surface area contributed by atoms with Gasteiger partial charge >= 0.3 is 11.9 Å². The summed E-state index contributed by atoms with van der Waals surface area (Å²) in [6, 6.07) is 16.8. The predicted molar refractivity (Wildman–Crippen MR) is 111 cm³/mol. The van der Waals surface area contributed by atoms with Gasteiger partial charge in [0, 0.05) is 18.1 Å². The van der Waals surface area contributed by atoms with Crippen LogP contribution in [0.4, 0.5) is 0 Å². The van der Waals surface area contributed by atoms with Gasteiger partial charge in [-0.3, -0.25) is 14.5 Å². The van der Waals surface area contributed by atoms with Crippen molar-refractivity contribution in [3.63, 3.8) is 0 Å². The van der Waals surface area contributed by atoms with Gasteiger partial charge in [-0.1, -0.05) is 54.1 Å². The fraction of sp³-hybridized carbons (Fsp3) is 0.391. The minimum absolute atomic E-state index is 0.200. The van der Waals surface area contributed by atoms with Gasteiger partial charge in [0.15, 0.2) is 5.41 Å². The van der Waals surface area contributed by atoms with Crippen molar-refractivity contribution in [2.24, 2.45) is 5.41 Å². The third-order valence-electron chi connectivity index (χ3n) is 5.32. The summed E-state index contributed by atoms with van der Waals surface area (Å²) in [6.07, 6.45) is 0.338. The van der Waals surface area contributed by atoms with E-state index in [1.807, 2.05) is 42.5 Å². The molecule has 1 heterocycles. The molecule has 6 heteroatoms. The van der Waals surface area contributed by atoms with E-state index in [4.69, 9.17) is 21.1 Å². The molecule has 1 aliphatic heterocycles. The Balaban J connectivity index is 2.08. The molecule has 154 valence electrons. The van der Waals surface area contributed by atoms with Gasteiger partial charge in [0.2, 0.25) is 0 Å². The van der Waals surface area contributed by atoms with Crippen LogP contribution in [-0.4, -0.2) is 36.6 Å². The van der Waals surface area contributed by atoms with E-state index in [-0.39, 0.29) is 13.2 Å². The number of nitrogens with zero attached hydrogens (tertiary/aromatic N) is 1. The van der Waals surface area contributed by atoms with Gasteiger partial charge in [-0.05, 0) is 43.5 Å². The molecule has 0 amide bonds. The zero-order chi connectivity index (χ0) is 20.9. The lowest BCUT2D eigenvalue weighted by Crippen LogP contribution is -2.46. The highest BCUT2D eigenvalue weighted by molar-refractivity contribution is 6.30. The van der Waals surface area contributed by atoms with Crippen LogP contribution in [0.1, 0.15) is 37.4 Å². The molecule has 0 unspecified atom stereocenters. The SMILES string of the molecule is CCOC(=O)C1(C(=O)OCC)CCN(Cc2ccccc2)[C@@H]1c1ccc(Cl)cc1. The van der Waals surface area contributed by atoms with Gasteiger partial charge in [-0.15, -0.1) is 0 Å². The van der Waals surface area contributed by atoms with Gasteiger partial charge in [-0.25, -0.2) is 0 Å². The minimum Gasteiger partial charge on any atom is -0.465 e. The van der Waals surface area contributed by atoms with E-state index in [0.717, 1.165) is 11.1 Å². The first-order valence-electron chi connectivity index (χ1n) is 9.90. The van der Waals surface area contributed by atoms with E-state index in [2.05, 4.69) is 4.90 Å². The fourth-order valence-electron chi connectivity index (χ4n) is 4.06. The number of esters is 2. The van der Waals surface area contributed by atoms with Crippen molar-refractivity contribution in [1.82, 2.24) is 4.90 Å². The van der Waals surface area contributed by atoms with Crippen LogP contribution >= 0.6 is 11.6 Å². The predicted octanol–water partition coefficient (Wildman–Crippen LogP) is 4.40. The summed E-state index contributed by atoms with van der Waals surface area (Å²) in [5.41, 5.74) is 0.535. The van der Waals surface area contributed by atoms with E-state index in [1.54, 1.807) is 26.0 Å². The summed E-state index contributed by atoms with van der Waals surface area (Å²) >= 11 is 6.08. The third-order valence-corrected chi connectivity index (χ3v) is 5.57.